The van der Waals surface area contributed by atoms with Crippen molar-refractivity contribution in [2.45, 2.75) is 13.5 Å². The van der Waals surface area contributed by atoms with Gasteiger partial charge < -0.3 is 4.74 Å². The van der Waals surface area contributed by atoms with Crippen LogP contribution in [0.1, 0.15) is 26.6 Å². The fourth-order valence-electron chi connectivity index (χ4n) is 2.26. The molecule has 0 bridgehead atoms. The minimum Gasteiger partial charge on any atom is -0.488 e. The number of aromatic nitrogens is 1. The van der Waals surface area contributed by atoms with Crippen LogP contribution in [0.15, 0.2) is 60.0 Å². The molecule has 0 spiro atoms. The van der Waals surface area contributed by atoms with Crippen molar-refractivity contribution in [2.24, 2.45) is 0 Å². The van der Waals surface area contributed by atoms with E-state index >= 15 is 0 Å². The van der Waals surface area contributed by atoms with Gasteiger partial charge >= 0.3 is 0 Å². The molecule has 0 fully saturated rings. The van der Waals surface area contributed by atoms with E-state index in [2.05, 4.69) is 4.98 Å². The number of hydrogen-bond acceptors (Lipinski definition) is 4. The Balaban J connectivity index is 1.78. The number of ether oxygens (including phenoxy) is 1. The standard InChI is InChI=1S/C20H16ClNO2S/c1-14-22-17(13-25-14)8-9-19(23)18-11-16(21)7-10-20(18)24-12-15-5-3-2-4-6-15/h2-11,13H,12H2,1H3/b9-8+. The van der Waals surface area contributed by atoms with Crippen molar-refractivity contribution < 1.29 is 9.53 Å². The first-order valence-corrected chi connectivity index (χ1v) is 8.98. The molecule has 0 saturated carbocycles. The van der Waals surface area contributed by atoms with Crippen LogP contribution in [0.25, 0.3) is 6.08 Å². The van der Waals surface area contributed by atoms with E-state index in [0.29, 0.717) is 22.9 Å². The lowest BCUT2D eigenvalue weighted by Crippen LogP contribution is -2.02. The third kappa shape index (κ3) is 4.78. The van der Waals surface area contributed by atoms with Crippen LogP contribution in [0.2, 0.25) is 5.02 Å². The molecular formula is C20H16ClNO2S. The number of allylic oxidation sites excluding steroid dienone is 1. The Bertz CT molecular complexity index is 903. The van der Waals surface area contributed by atoms with Crippen LogP contribution in [-0.2, 0) is 6.61 Å². The predicted molar refractivity (Wildman–Crippen MR) is 102 cm³/mol. The van der Waals surface area contributed by atoms with E-state index in [1.165, 1.54) is 6.08 Å². The van der Waals surface area contributed by atoms with Crippen molar-refractivity contribution in [1.29, 1.82) is 0 Å². The highest BCUT2D eigenvalue weighted by atomic mass is 35.5. The molecule has 126 valence electrons. The van der Waals surface area contributed by atoms with E-state index in [-0.39, 0.29) is 5.78 Å². The second-order valence-electron chi connectivity index (χ2n) is 5.40. The van der Waals surface area contributed by atoms with Crippen LogP contribution in [0.5, 0.6) is 5.75 Å². The molecule has 5 heteroatoms. The van der Waals surface area contributed by atoms with E-state index in [4.69, 9.17) is 16.3 Å². The Kier molecular flexibility index (Phi) is 5.64. The number of rotatable bonds is 6. The average molecular weight is 370 g/mol. The molecule has 1 aromatic heterocycles. The Morgan fingerprint density at radius 3 is 2.76 bits per heavy atom. The maximum Gasteiger partial charge on any atom is 0.189 e. The summed E-state index contributed by atoms with van der Waals surface area (Å²) in [4.78, 5) is 16.9. The number of nitrogens with zero attached hydrogens (tertiary/aromatic N) is 1. The molecule has 2 aromatic carbocycles. The monoisotopic (exact) mass is 369 g/mol. The van der Waals surface area contributed by atoms with Crippen molar-refractivity contribution in [3.63, 3.8) is 0 Å². The number of halogens is 1. The van der Waals surface area contributed by atoms with Crippen molar-refractivity contribution in [3.8, 4) is 5.75 Å². The quantitative estimate of drug-likeness (QED) is 0.420. The third-order valence-corrected chi connectivity index (χ3v) is 4.51. The number of hydrogen-bond donors (Lipinski definition) is 0. The van der Waals surface area contributed by atoms with Crippen LogP contribution in [-0.4, -0.2) is 10.8 Å². The zero-order valence-corrected chi connectivity index (χ0v) is 15.2. The van der Waals surface area contributed by atoms with Gasteiger partial charge in [-0.3, -0.25) is 4.79 Å². The molecule has 0 atom stereocenters. The van der Waals surface area contributed by atoms with Crippen LogP contribution in [0, 0.1) is 6.92 Å². The van der Waals surface area contributed by atoms with Gasteiger partial charge in [0.15, 0.2) is 5.78 Å². The summed E-state index contributed by atoms with van der Waals surface area (Å²) < 4.78 is 5.83. The normalized spacial score (nSPS) is 11.0. The lowest BCUT2D eigenvalue weighted by molar-refractivity contribution is 0.104. The largest absolute Gasteiger partial charge is 0.488 e. The highest BCUT2D eigenvalue weighted by Crippen LogP contribution is 2.25. The van der Waals surface area contributed by atoms with Gasteiger partial charge in [0.25, 0.3) is 0 Å². The van der Waals surface area contributed by atoms with Gasteiger partial charge in [0.05, 0.1) is 16.3 Å². The van der Waals surface area contributed by atoms with Gasteiger partial charge in [0.1, 0.15) is 12.4 Å². The van der Waals surface area contributed by atoms with E-state index in [9.17, 15) is 4.79 Å². The van der Waals surface area contributed by atoms with E-state index < -0.39 is 0 Å². The molecule has 25 heavy (non-hydrogen) atoms. The van der Waals surface area contributed by atoms with Crippen molar-refractivity contribution in [3.05, 3.63) is 86.8 Å². The molecule has 0 unspecified atom stereocenters. The van der Waals surface area contributed by atoms with E-state index in [1.807, 2.05) is 42.6 Å². The predicted octanol–water partition coefficient (Wildman–Crippen LogP) is 5.58. The number of carbonyl (C=O) groups is 1. The first-order valence-electron chi connectivity index (χ1n) is 7.72. The topological polar surface area (TPSA) is 39.2 Å². The molecule has 0 radical (unpaired) electrons. The molecule has 0 N–H and O–H groups in total. The summed E-state index contributed by atoms with van der Waals surface area (Å²) in [6.45, 7) is 2.31. The average Bonchev–Trinajstić information content (AvgIpc) is 3.05. The van der Waals surface area contributed by atoms with E-state index in [1.54, 1.807) is 35.6 Å². The van der Waals surface area contributed by atoms with Crippen LogP contribution >= 0.6 is 22.9 Å². The minimum absolute atomic E-state index is 0.170. The fraction of sp³-hybridized carbons (Fsp3) is 0.100. The van der Waals surface area contributed by atoms with Gasteiger partial charge in [-0.1, -0.05) is 41.9 Å². The molecule has 0 aliphatic heterocycles. The Morgan fingerprint density at radius 1 is 1.24 bits per heavy atom. The zero-order valence-electron chi connectivity index (χ0n) is 13.6. The highest BCUT2D eigenvalue weighted by molar-refractivity contribution is 7.09. The Hall–Kier alpha value is -2.43. The zero-order chi connectivity index (χ0) is 17.6. The second-order valence-corrected chi connectivity index (χ2v) is 6.90. The molecule has 3 rings (SSSR count). The fourth-order valence-corrected chi connectivity index (χ4v) is 3.02. The molecular weight excluding hydrogens is 354 g/mol. The molecule has 0 aliphatic carbocycles. The number of carbonyl (C=O) groups excluding carboxylic acids is 1. The number of aryl methyl sites for hydroxylation is 1. The first-order chi connectivity index (χ1) is 12.1. The van der Waals surface area contributed by atoms with Crippen molar-refractivity contribution >= 4 is 34.8 Å². The van der Waals surface area contributed by atoms with Gasteiger partial charge in [-0.25, -0.2) is 4.98 Å². The van der Waals surface area contributed by atoms with Gasteiger partial charge in [0, 0.05) is 10.4 Å². The smallest absolute Gasteiger partial charge is 0.189 e. The summed E-state index contributed by atoms with van der Waals surface area (Å²) >= 11 is 7.60. The molecule has 0 saturated heterocycles. The number of benzene rings is 2. The summed E-state index contributed by atoms with van der Waals surface area (Å²) in [6.07, 6.45) is 3.20. The lowest BCUT2D eigenvalue weighted by atomic mass is 10.1. The summed E-state index contributed by atoms with van der Waals surface area (Å²) in [5, 5.41) is 3.36. The van der Waals surface area contributed by atoms with E-state index in [0.717, 1.165) is 16.3 Å². The van der Waals surface area contributed by atoms with Crippen LogP contribution < -0.4 is 4.74 Å². The first kappa shape index (κ1) is 17.4. The third-order valence-electron chi connectivity index (χ3n) is 3.49. The summed E-state index contributed by atoms with van der Waals surface area (Å²) in [5.41, 5.74) is 2.24. The molecule has 3 aromatic rings. The van der Waals surface area contributed by atoms with Gasteiger partial charge in [-0.2, -0.15) is 0 Å². The lowest BCUT2D eigenvalue weighted by Gasteiger charge is -2.10. The van der Waals surface area contributed by atoms with Crippen LogP contribution in [0.4, 0.5) is 0 Å². The second kappa shape index (κ2) is 8.10. The molecule has 3 nitrogen and oxygen atoms in total. The summed E-state index contributed by atoms with van der Waals surface area (Å²) in [7, 11) is 0. The molecule has 0 amide bonds. The van der Waals surface area contributed by atoms with Crippen molar-refractivity contribution in [1.82, 2.24) is 4.98 Å². The number of ketones is 1. The van der Waals surface area contributed by atoms with Gasteiger partial charge in [0.2, 0.25) is 0 Å². The summed E-state index contributed by atoms with van der Waals surface area (Å²) in [5.74, 6) is 0.341. The van der Waals surface area contributed by atoms with Crippen molar-refractivity contribution in [2.75, 3.05) is 0 Å². The Labute approximate surface area is 155 Å². The number of thiazole rings is 1. The maximum absolute atomic E-state index is 12.6. The molecule has 1 heterocycles. The highest BCUT2D eigenvalue weighted by Gasteiger charge is 2.11. The van der Waals surface area contributed by atoms with Gasteiger partial charge in [-0.15, -0.1) is 11.3 Å². The molecule has 0 aliphatic rings. The minimum atomic E-state index is -0.170. The maximum atomic E-state index is 12.6. The Morgan fingerprint density at radius 2 is 2.04 bits per heavy atom. The summed E-state index contributed by atoms with van der Waals surface area (Å²) in [6, 6.07) is 14.9. The van der Waals surface area contributed by atoms with Crippen LogP contribution in [0.3, 0.4) is 0 Å². The SMILES string of the molecule is Cc1nc(/C=C/C(=O)c2cc(Cl)ccc2OCc2ccccc2)cs1. The van der Waals surface area contributed by atoms with Gasteiger partial charge in [-0.05, 0) is 42.8 Å².